The number of rotatable bonds is 4. The van der Waals surface area contributed by atoms with E-state index in [1.54, 1.807) is 11.0 Å². The summed E-state index contributed by atoms with van der Waals surface area (Å²) < 4.78 is 1.61. The number of hydrogen-bond donors (Lipinski definition) is 2. The first kappa shape index (κ1) is 14.9. The van der Waals surface area contributed by atoms with Crippen molar-refractivity contribution in [3.63, 3.8) is 0 Å². The zero-order valence-corrected chi connectivity index (χ0v) is 13.2. The van der Waals surface area contributed by atoms with E-state index in [1.165, 1.54) is 0 Å². The second-order valence-electron chi connectivity index (χ2n) is 5.46. The molecule has 118 valence electrons. The van der Waals surface area contributed by atoms with Crippen LogP contribution in [-0.4, -0.2) is 29.8 Å². The number of imidazole rings is 1. The largest absolute Gasteiger partial charge is 0.378 e. The van der Waals surface area contributed by atoms with Crippen LogP contribution in [0.5, 0.6) is 0 Å². The Morgan fingerprint density at radius 1 is 1.13 bits per heavy atom. The van der Waals surface area contributed by atoms with Crippen molar-refractivity contribution in [3.8, 4) is 0 Å². The Morgan fingerprint density at radius 2 is 1.87 bits per heavy atom. The van der Waals surface area contributed by atoms with Crippen molar-refractivity contribution in [3.05, 3.63) is 60.4 Å². The molecule has 2 N–H and O–H groups in total. The molecule has 3 rings (SSSR count). The Hall–Kier alpha value is -3.02. The maximum absolute atomic E-state index is 12.0. The molecule has 0 bridgehead atoms. The number of para-hydroxylation sites is 2. The normalized spacial score (nSPS) is 10.5. The number of fused-ring (bicyclic) bond motifs is 1. The van der Waals surface area contributed by atoms with Gasteiger partial charge < -0.3 is 10.2 Å². The quantitative estimate of drug-likeness (QED) is 0.778. The van der Waals surface area contributed by atoms with Crippen molar-refractivity contribution in [2.75, 3.05) is 24.4 Å². The number of nitrogens with one attached hydrogen (secondary N) is 2. The molecule has 0 aliphatic heterocycles. The van der Waals surface area contributed by atoms with Crippen LogP contribution in [-0.2, 0) is 6.54 Å². The molecule has 0 saturated heterocycles. The number of anilines is 1. The molecule has 0 spiro atoms. The van der Waals surface area contributed by atoms with Crippen LogP contribution in [0.1, 0.15) is 5.56 Å². The lowest BCUT2D eigenvalue weighted by atomic mass is 10.2. The van der Waals surface area contributed by atoms with Gasteiger partial charge in [0.1, 0.15) is 6.33 Å². The van der Waals surface area contributed by atoms with Gasteiger partial charge in [-0.25, -0.2) is 19.9 Å². The minimum absolute atomic E-state index is 0.273. The molecule has 6 heteroatoms. The summed E-state index contributed by atoms with van der Waals surface area (Å²) in [5.41, 5.74) is 6.63. The van der Waals surface area contributed by atoms with E-state index in [0.717, 1.165) is 22.3 Å². The predicted octanol–water partition coefficient (Wildman–Crippen LogP) is 2.56. The molecule has 0 aliphatic carbocycles. The maximum atomic E-state index is 12.0. The average molecular weight is 309 g/mol. The summed E-state index contributed by atoms with van der Waals surface area (Å²) in [5.74, 6) is 0. The van der Waals surface area contributed by atoms with Crippen LogP contribution < -0.4 is 15.6 Å². The summed E-state index contributed by atoms with van der Waals surface area (Å²) in [5, 5.41) is 2.84. The Labute approximate surface area is 134 Å². The second kappa shape index (κ2) is 6.39. The number of aromatic nitrogens is 2. The van der Waals surface area contributed by atoms with E-state index in [2.05, 4.69) is 15.7 Å². The van der Waals surface area contributed by atoms with Gasteiger partial charge >= 0.3 is 6.03 Å². The zero-order chi connectivity index (χ0) is 16.2. The Morgan fingerprint density at radius 3 is 2.61 bits per heavy atom. The van der Waals surface area contributed by atoms with Gasteiger partial charge in [-0.1, -0.05) is 24.3 Å². The first-order chi connectivity index (χ1) is 11.1. The molecule has 23 heavy (non-hydrogen) atoms. The smallest absolute Gasteiger partial charge is 0.334 e. The van der Waals surface area contributed by atoms with Gasteiger partial charge in [0, 0.05) is 26.3 Å². The zero-order valence-electron chi connectivity index (χ0n) is 13.2. The van der Waals surface area contributed by atoms with Crippen LogP contribution >= 0.6 is 0 Å². The van der Waals surface area contributed by atoms with Gasteiger partial charge in [-0.2, -0.15) is 0 Å². The minimum atomic E-state index is -0.273. The fraction of sp³-hybridized carbons (Fsp3) is 0.176. The lowest BCUT2D eigenvalue weighted by Crippen LogP contribution is -2.33. The average Bonchev–Trinajstić information content (AvgIpc) is 2.96. The molecule has 1 aromatic heterocycles. The van der Waals surface area contributed by atoms with Crippen LogP contribution in [0.15, 0.2) is 54.9 Å². The van der Waals surface area contributed by atoms with E-state index in [4.69, 9.17) is 0 Å². The SMILES string of the molecule is CN(C)c1ccc(CNC(=O)Nn2cnc3ccccc32)cc1. The third kappa shape index (κ3) is 3.42. The monoisotopic (exact) mass is 309 g/mol. The highest BCUT2D eigenvalue weighted by Gasteiger charge is 2.05. The molecule has 2 aromatic carbocycles. The fourth-order valence-corrected chi connectivity index (χ4v) is 2.29. The Kier molecular flexibility index (Phi) is 4.14. The number of benzene rings is 2. The molecular formula is C17H19N5O. The van der Waals surface area contributed by atoms with Crippen LogP contribution in [0, 0.1) is 0 Å². The van der Waals surface area contributed by atoms with E-state index >= 15 is 0 Å². The third-order valence-corrected chi connectivity index (χ3v) is 3.58. The number of carbonyl (C=O) groups excluding carboxylic acids is 1. The third-order valence-electron chi connectivity index (χ3n) is 3.58. The first-order valence-corrected chi connectivity index (χ1v) is 7.37. The molecule has 6 nitrogen and oxygen atoms in total. The molecule has 0 atom stereocenters. The highest BCUT2D eigenvalue weighted by molar-refractivity contribution is 5.85. The Bertz CT molecular complexity index is 807. The van der Waals surface area contributed by atoms with Crippen molar-refractivity contribution in [1.29, 1.82) is 0 Å². The minimum Gasteiger partial charge on any atom is -0.378 e. The van der Waals surface area contributed by atoms with Crippen molar-refractivity contribution in [1.82, 2.24) is 15.0 Å². The van der Waals surface area contributed by atoms with Gasteiger partial charge in [-0.3, -0.25) is 0 Å². The number of hydrogen-bond acceptors (Lipinski definition) is 3. The van der Waals surface area contributed by atoms with E-state index in [0.29, 0.717) is 6.54 Å². The second-order valence-corrected chi connectivity index (χ2v) is 5.46. The van der Waals surface area contributed by atoms with Gasteiger partial charge in [-0.15, -0.1) is 0 Å². The highest BCUT2D eigenvalue weighted by atomic mass is 16.2. The standard InChI is InChI=1S/C17H19N5O/c1-21(2)14-9-7-13(8-10-14)11-18-17(23)20-22-12-19-15-5-3-4-6-16(15)22/h3-10,12H,11H2,1-2H3,(H2,18,20,23). The first-order valence-electron chi connectivity index (χ1n) is 7.37. The van der Waals surface area contributed by atoms with Crippen LogP contribution in [0.3, 0.4) is 0 Å². The van der Waals surface area contributed by atoms with Crippen molar-refractivity contribution in [2.45, 2.75) is 6.54 Å². The van der Waals surface area contributed by atoms with Gasteiger partial charge in [0.2, 0.25) is 0 Å². The van der Waals surface area contributed by atoms with Gasteiger partial charge in [0.15, 0.2) is 0 Å². The molecule has 0 unspecified atom stereocenters. The van der Waals surface area contributed by atoms with Crippen molar-refractivity contribution in [2.24, 2.45) is 0 Å². The number of amides is 2. The summed E-state index contributed by atoms with van der Waals surface area (Å²) in [6, 6.07) is 15.4. The van der Waals surface area contributed by atoms with Gasteiger partial charge in [0.25, 0.3) is 0 Å². The molecule has 0 saturated carbocycles. The van der Waals surface area contributed by atoms with Crippen molar-refractivity contribution < 1.29 is 4.79 Å². The highest BCUT2D eigenvalue weighted by Crippen LogP contribution is 2.12. The summed E-state index contributed by atoms with van der Waals surface area (Å²) in [7, 11) is 3.99. The predicted molar refractivity (Wildman–Crippen MR) is 92.1 cm³/mol. The lowest BCUT2D eigenvalue weighted by Gasteiger charge is -2.13. The van der Waals surface area contributed by atoms with Crippen LogP contribution in [0.2, 0.25) is 0 Å². The summed E-state index contributed by atoms with van der Waals surface area (Å²) in [6.45, 7) is 0.464. The molecule has 0 fully saturated rings. The number of carbonyl (C=O) groups is 1. The van der Waals surface area contributed by atoms with Gasteiger partial charge in [0.05, 0.1) is 11.0 Å². The molecule has 0 aliphatic rings. The maximum Gasteiger partial charge on any atom is 0.334 e. The van der Waals surface area contributed by atoms with Crippen LogP contribution in [0.4, 0.5) is 10.5 Å². The molecule has 3 aromatic rings. The van der Waals surface area contributed by atoms with E-state index < -0.39 is 0 Å². The lowest BCUT2D eigenvalue weighted by molar-refractivity contribution is 0.249. The van der Waals surface area contributed by atoms with E-state index in [-0.39, 0.29) is 6.03 Å². The molecule has 0 radical (unpaired) electrons. The topological polar surface area (TPSA) is 62.2 Å². The van der Waals surface area contributed by atoms with Crippen molar-refractivity contribution >= 4 is 22.8 Å². The number of nitrogens with zero attached hydrogens (tertiary/aromatic N) is 3. The van der Waals surface area contributed by atoms with E-state index in [1.807, 2.05) is 67.5 Å². The van der Waals surface area contributed by atoms with Gasteiger partial charge in [-0.05, 0) is 29.8 Å². The molecule has 2 amide bonds. The molecule has 1 heterocycles. The Balaban J connectivity index is 1.59. The summed E-state index contributed by atoms with van der Waals surface area (Å²) in [6.07, 6.45) is 1.59. The van der Waals surface area contributed by atoms with Crippen LogP contribution in [0.25, 0.3) is 11.0 Å². The molecular weight excluding hydrogens is 290 g/mol. The fourth-order valence-electron chi connectivity index (χ4n) is 2.29. The number of urea groups is 1. The summed E-state index contributed by atoms with van der Waals surface area (Å²) >= 11 is 0. The van der Waals surface area contributed by atoms with E-state index in [9.17, 15) is 4.79 Å². The summed E-state index contributed by atoms with van der Waals surface area (Å²) in [4.78, 5) is 18.3.